The minimum Gasteiger partial charge on any atom is -0.489 e. The number of anilines is 1. The molecule has 1 aromatic carbocycles. The highest BCUT2D eigenvalue weighted by atomic mass is 16.5. The molecule has 3 N–H and O–H groups in total. The van der Waals surface area contributed by atoms with E-state index in [1.165, 1.54) is 0 Å². The van der Waals surface area contributed by atoms with E-state index in [4.69, 9.17) is 4.74 Å². The first-order valence-electron chi connectivity index (χ1n) is 7.21. The summed E-state index contributed by atoms with van der Waals surface area (Å²) in [6.07, 6.45) is 5.37. The molecule has 0 aromatic heterocycles. The van der Waals surface area contributed by atoms with Crippen LogP contribution in [0.2, 0.25) is 0 Å². The summed E-state index contributed by atoms with van der Waals surface area (Å²) < 4.78 is 5.42. The SMILES string of the molecule is C=CCOc1cccc(NC(=O)NC2(CO)CCCC2)c1. The van der Waals surface area contributed by atoms with Gasteiger partial charge in [0.1, 0.15) is 12.4 Å². The molecule has 0 heterocycles. The van der Waals surface area contributed by atoms with E-state index >= 15 is 0 Å². The lowest BCUT2D eigenvalue weighted by Gasteiger charge is -2.28. The number of benzene rings is 1. The molecule has 0 unspecified atom stereocenters. The van der Waals surface area contributed by atoms with Gasteiger partial charge in [-0.05, 0) is 25.0 Å². The third kappa shape index (κ3) is 4.23. The van der Waals surface area contributed by atoms with E-state index in [9.17, 15) is 9.90 Å². The van der Waals surface area contributed by atoms with E-state index in [1.807, 2.05) is 12.1 Å². The molecule has 114 valence electrons. The quantitative estimate of drug-likeness (QED) is 0.705. The van der Waals surface area contributed by atoms with Crippen molar-refractivity contribution >= 4 is 11.7 Å². The number of ether oxygens (including phenoxy) is 1. The normalized spacial score (nSPS) is 16.2. The molecule has 1 saturated carbocycles. The minimum absolute atomic E-state index is 0.0249. The van der Waals surface area contributed by atoms with Gasteiger partial charge in [0.2, 0.25) is 0 Å². The van der Waals surface area contributed by atoms with Gasteiger partial charge in [-0.15, -0.1) is 0 Å². The average Bonchev–Trinajstić information content (AvgIpc) is 2.94. The molecule has 0 spiro atoms. The molecule has 0 aliphatic heterocycles. The lowest BCUT2D eigenvalue weighted by atomic mass is 9.99. The summed E-state index contributed by atoms with van der Waals surface area (Å²) in [5.41, 5.74) is 0.182. The zero-order valence-electron chi connectivity index (χ0n) is 12.1. The predicted molar refractivity (Wildman–Crippen MR) is 82.6 cm³/mol. The third-order valence-electron chi connectivity index (χ3n) is 3.70. The topological polar surface area (TPSA) is 70.6 Å². The van der Waals surface area contributed by atoms with E-state index in [0.29, 0.717) is 18.0 Å². The van der Waals surface area contributed by atoms with E-state index in [0.717, 1.165) is 25.7 Å². The number of nitrogens with one attached hydrogen (secondary N) is 2. The number of aliphatic hydroxyl groups excluding tert-OH is 1. The first-order valence-corrected chi connectivity index (χ1v) is 7.21. The van der Waals surface area contributed by atoms with Crippen LogP contribution >= 0.6 is 0 Å². The van der Waals surface area contributed by atoms with Crippen LogP contribution in [0.4, 0.5) is 10.5 Å². The van der Waals surface area contributed by atoms with Crippen LogP contribution in [-0.4, -0.2) is 29.9 Å². The summed E-state index contributed by atoms with van der Waals surface area (Å²) in [6.45, 7) is 3.99. The predicted octanol–water partition coefficient (Wildman–Crippen LogP) is 2.68. The number of aliphatic hydroxyl groups is 1. The summed E-state index contributed by atoms with van der Waals surface area (Å²) in [7, 11) is 0. The maximum absolute atomic E-state index is 12.1. The van der Waals surface area contributed by atoms with Crippen molar-refractivity contribution in [3.05, 3.63) is 36.9 Å². The Bertz CT molecular complexity index is 496. The van der Waals surface area contributed by atoms with Crippen LogP contribution in [0.15, 0.2) is 36.9 Å². The fourth-order valence-corrected chi connectivity index (χ4v) is 2.60. The monoisotopic (exact) mass is 290 g/mol. The molecule has 1 fully saturated rings. The van der Waals surface area contributed by atoms with Gasteiger partial charge in [0.05, 0.1) is 12.1 Å². The standard InChI is InChI=1S/C16H22N2O3/c1-2-10-21-14-7-5-6-13(11-14)17-15(20)18-16(12-19)8-3-4-9-16/h2,5-7,11,19H,1,3-4,8-10,12H2,(H2,17,18,20). The molecule has 1 aliphatic rings. The van der Waals surface area contributed by atoms with Crippen molar-refractivity contribution < 1.29 is 14.6 Å². The van der Waals surface area contributed by atoms with E-state index in [-0.39, 0.29) is 12.6 Å². The summed E-state index contributed by atoms with van der Waals surface area (Å²) in [5, 5.41) is 15.2. The van der Waals surface area contributed by atoms with Crippen LogP contribution in [-0.2, 0) is 0 Å². The summed E-state index contributed by atoms with van der Waals surface area (Å²) in [4.78, 5) is 12.1. The lowest BCUT2D eigenvalue weighted by molar-refractivity contribution is 0.167. The molecular weight excluding hydrogens is 268 g/mol. The van der Waals surface area contributed by atoms with Crippen molar-refractivity contribution in [3.63, 3.8) is 0 Å². The Labute approximate surface area is 125 Å². The first kappa shape index (κ1) is 15.4. The number of urea groups is 1. The van der Waals surface area contributed by atoms with Gasteiger partial charge in [0, 0.05) is 11.8 Å². The Morgan fingerprint density at radius 1 is 1.43 bits per heavy atom. The van der Waals surface area contributed by atoms with Gasteiger partial charge in [0.25, 0.3) is 0 Å². The van der Waals surface area contributed by atoms with Crippen LogP contribution in [0, 0.1) is 0 Å². The van der Waals surface area contributed by atoms with Gasteiger partial charge in [0.15, 0.2) is 0 Å². The van der Waals surface area contributed by atoms with E-state index in [1.54, 1.807) is 18.2 Å². The molecular formula is C16H22N2O3. The van der Waals surface area contributed by atoms with Gasteiger partial charge >= 0.3 is 6.03 Å². The molecule has 0 saturated heterocycles. The van der Waals surface area contributed by atoms with Crippen molar-refractivity contribution in [1.29, 1.82) is 0 Å². The molecule has 5 nitrogen and oxygen atoms in total. The fourth-order valence-electron chi connectivity index (χ4n) is 2.60. The number of rotatable bonds is 6. The van der Waals surface area contributed by atoms with Crippen LogP contribution in [0.25, 0.3) is 0 Å². The van der Waals surface area contributed by atoms with Crippen LogP contribution < -0.4 is 15.4 Å². The largest absolute Gasteiger partial charge is 0.489 e. The number of carbonyl (C=O) groups excluding carboxylic acids is 1. The number of hydrogen-bond acceptors (Lipinski definition) is 3. The molecule has 0 radical (unpaired) electrons. The van der Waals surface area contributed by atoms with Gasteiger partial charge in [-0.25, -0.2) is 4.79 Å². The molecule has 0 atom stereocenters. The minimum atomic E-state index is -0.471. The molecule has 1 aliphatic carbocycles. The van der Waals surface area contributed by atoms with Crippen molar-refractivity contribution in [1.82, 2.24) is 5.32 Å². The van der Waals surface area contributed by atoms with Gasteiger partial charge in [-0.1, -0.05) is 31.6 Å². The van der Waals surface area contributed by atoms with Crippen LogP contribution in [0.3, 0.4) is 0 Å². The van der Waals surface area contributed by atoms with Crippen molar-refractivity contribution in [2.45, 2.75) is 31.2 Å². The molecule has 5 heteroatoms. The second kappa shape index (κ2) is 7.13. The van der Waals surface area contributed by atoms with Crippen molar-refractivity contribution in [2.24, 2.45) is 0 Å². The smallest absolute Gasteiger partial charge is 0.319 e. The second-order valence-corrected chi connectivity index (χ2v) is 5.35. The summed E-state index contributed by atoms with van der Waals surface area (Å²) in [6, 6.07) is 6.88. The first-order chi connectivity index (χ1) is 10.2. The number of amides is 2. The van der Waals surface area contributed by atoms with Gasteiger partial charge in [-0.2, -0.15) is 0 Å². The fraction of sp³-hybridized carbons (Fsp3) is 0.438. The van der Waals surface area contributed by atoms with Crippen LogP contribution in [0.5, 0.6) is 5.75 Å². The molecule has 1 aromatic rings. The molecule has 2 rings (SSSR count). The highest BCUT2D eigenvalue weighted by Crippen LogP contribution is 2.29. The highest BCUT2D eigenvalue weighted by molar-refractivity contribution is 5.90. The Morgan fingerprint density at radius 3 is 2.86 bits per heavy atom. The molecule has 0 bridgehead atoms. The maximum atomic E-state index is 12.1. The third-order valence-corrected chi connectivity index (χ3v) is 3.70. The second-order valence-electron chi connectivity index (χ2n) is 5.35. The maximum Gasteiger partial charge on any atom is 0.319 e. The zero-order chi connectivity index (χ0) is 15.1. The average molecular weight is 290 g/mol. The zero-order valence-corrected chi connectivity index (χ0v) is 12.1. The Morgan fingerprint density at radius 2 is 2.19 bits per heavy atom. The van der Waals surface area contributed by atoms with Crippen LogP contribution in [0.1, 0.15) is 25.7 Å². The van der Waals surface area contributed by atoms with Gasteiger partial charge in [-0.3, -0.25) is 0 Å². The Balaban J connectivity index is 1.94. The number of carbonyl (C=O) groups is 1. The van der Waals surface area contributed by atoms with Crippen molar-refractivity contribution in [3.8, 4) is 5.75 Å². The van der Waals surface area contributed by atoms with E-state index in [2.05, 4.69) is 17.2 Å². The molecule has 21 heavy (non-hydrogen) atoms. The Hall–Kier alpha value is -2.01. The van der Waals surface area contributed by atoms with Gasteiger partial charge < -0.3 is 20.5 Å². The Kier molecular flexibility index (Phi) is 5.22. The lowest BCUT2D eigenvalue weighted by Crippen LogP contribution is -2.50. The molecule has 2 amide bonds. The summed E-state index contributed by atoms with van der Waals surface area (Å²) in [5.74, 6) is 0.672. The van der Waals surface area contributed by atoms with Crippen molar-refractivity contribution in [2.75, 3.05) is 18.5 Å². The van der Waals surface area contributed by atoms with E-state index < -0.39 is 5.54 Å². The summed E-state index contributed by atoms with van der Waals surface area (Å²) >= 11 is 0. The highest BCUT2D eigenvalue weighted by Gasteiger charge is 2.34. The number of hydrogen-bond donors (Lipinski definition) is 3.